The van der Waals surface area contributed by atoms with Crippen LogP contribution in [0.1, 0.15) is 6.42 Å². The zero-order valence-electron chi connectivity index (χ0n) is 19.4. The molecule has 0 saturated carbocycles. The standard InChI is InChI=1S/C26H28N4O5/c1-3-24(31)28-14-25(32)30-15-18(12-22(30)26(27)33)35-23-13-20(16-7-5-4-6-8-16)29-21-11-17(34-2)9-10-19(21)23/h3-11,13,18,22,25,32H,1,12,14-15H2,2H3,(H2,27,33)(H,28,31). The number of hydrogen-bond donors (Lipinski definition) is 3. The Morgan fingerprint density at radius 3 is 2.74 bits per heavy atom. The molecule has 0 radical (unpaired) electrons. The van der Waals surface area contributed by atoms with Gasteiger partial charge in [0.2, 0.25) is 11.8 Å². The van der Waals surface area contributed by atoms with E-state index < -0.39 is 30.2 Å². The summed E-state index contributed by atoms with van der Waals surface area (Å²) in [6.45, 7) is 3.57. The third-order valence-corrected chi connectivity index (χ3v) is 6.00. The number of fused-ring (bicyclic) bond motifs is 1. The zero-order chi connectivity index (χ0) is 24.9. The van der Waals surface area contributed by atoms with Gasteiger partial charge in [-0.15, -0.1) is 0 Å². The highest BCUT2D eigenvalue weighted by molar-refractivity contribution is 5.89. The Bertz CT molecular complexity index is 1230. The second kappa shape index (κ2) is 10.5. The molecule has 3 aromatic rings. The van der Waals surface area contributed by atoms with Gasteiger partial charge in [-0.25, -0.2) is 4.98 Å². The summed E-state index contributed by atoms with van der Waals surface area (Å²) < 4.78 is 11.8. The van der Waals surface area contributed by atoms with Crippen molar-refractivity contribution in [1.82, 2.24) is 15.2 Å². The van der Waals surface area contributed by atoms with Gasteiger partial charge in [-0.05, 0) is 18.2 Å². The van der Waals surface area contributed by atoms with Crippen LogP contribution in [0.5, 0.6) is 11.5 Å². The lowest BCUT2D eigenvalue weighted by atomic mass is 10.1. The van der Waals surface area contributed by atoms with E-state index in [1.54, 1.807) is 12.0 Å². The summed E-state index contributed by atoms with van der Waals surface area (Å²) in [6.07, 6.45) is -0.123. The van der Waals surface area contributed by atoms with Gasteiger partial charge in [0.1, 0.15) is 23.8 Å². The fourth-order valence-electron chi connectivity index (χ4n) is 4.23. The minimum absolute atomic E-state index is 0.0719. The Morgan fingerprint density at radius 2 is 2.06 bits per heavy atom. The van der Waals surface area contributed by atoms with Crippen molar-refractivity contribution in [1.29, 1.82) is 0 Å². The van der Waals surface area contributed by atoms with E-state index in [2.05, 4.69) is 11.9 Å². The lowest BCUT2D eigenvalue weighted by Crippen LogP contribution is -2.50. The molecule has 2 aromatic carbocycles. The molecule has 4 N–H and O–H groups in total. The first-order chi connectivity index (χ1) is 16.9. The molecule has 35 heavy (non-hydrogen) atoms. The number of hydrogen-bond acceptors (Lipinski definition) is 7. The molecule has 0 spiro atoms. The van der Waals surface area contributed by atoms with Gasteiger partial charge in [-0.2, -0.15) is 0 Å². The van der Waals surface area contributed by atoms with Crippen LogP contribution in [0.25, 0.3) is 22.2 Å². The molecule has 9 nitrogen and oxygen atoms in total. The zero-order valence-corrected chi connectivity index (χ0v) is 19.4. The molecule has 3 unspecified atom stereocenters. The number of nitrogens with zero attached hydrogens (tertiary/aromatic N) is 2. The second-order valence-electron chi connectivity index (χ2n) is 8.28. The van der Waals surface area contributed by atoms with E-state index in [1.165, 1.54) is 0 Å². The molecular weight excluding hydrogens is 448 g/mol. The van der Waals surface area contributed by atoms with E-state index in [1.807, 2.05) is 54.6 Å². The number of aromatic nitrogens is 1. The number of methoxy groups -OCH3 is 1. The number of benzene rings is 2. The number of ether oxygens (including phenoxy) is 2. The third kappa shape index (κ3) is 5.42. The van der Waals surface area contributed by atoms with Gasteiger partial charge >= 0.3 is 0 Å². The summed E-state index contributed by atoms with van der Waals surface area (Å²) in [5.41, 5.74) is 7.98. The normalized spacial score (nSPS) is 18.7. The number of carbonyl (C=O) groups excluding carboxylic acids is 2. The van der Waals surface area contributed by atoms with Crippen LogP contribution in [0.2, 0.25) is 0 Å². The van der Waals surface area contributed by atoms with E-state index in [4.69, 9.17) is 20.2 Å². The molecular formula is C26H28N4O5. The maximum atomic E-state index is 12.1. The molecule has 2 heterocycles. The molecule has 0 bridgehead atoms. The minimum atomic E-state index is -1.11. The molecule has 1 fully saturated rings. The van der Waals surface area contributed by atoms with Crippen LogP contribution in [-0.2, 0) is 9.59 Å². The molecule has 9 heteroatoms. The minimum Gasteiger partial charge on any atom is -0.497 e. The molecule has 1 aromatic heterocycles. The molecule has 1 aliphatic heterocycles. The van der Waals surface area contributed by atoms with Crippen LogP contribution in [0.3, 0.4) is 0 Å². The van der Waals surface area contributed by atoms with Crippen molar-refractivity contribution < 1.29 is 24.2 Å². The highest BCUT2D eigenvalue weighted by atomic mass is 16.5. The summed E-state index contributed by atoms with van der Waals surface area (Å²) in [5, 5.41) is 13.9. The van der Waals surface area contributed by atoms with Gasteiger partial charge in [0.15, 0.2) is 0 Å². The van der Waals surface area contributed by atoms with Gasteiger partial charge in [-0.1, -0.05) is 36.9 Å². The van der Waals surface area contributed by atoms with Crippen molar-refractivity contribution in [2.24, 2.45) is 5.73 Å². The molecule has 182 valence electrons. The molecule has 2 amide bonds. The van der Waals surface area contributed by atoms with E-state index in [0.717, 1.165) is 22.7 Å². The van der Waals surface area contributed by atoms with Crippen molar-refractivity contribution in [2.75, 3.05) is 20.2 Å². The number of nitrogens with one attached hydrogen (secondary N) is 1. The Balaban J connectivity index is 1.63. The van der Waals surface area contributed by atoms with Gasteiger partial charge in [0, 0.05) is 36.0 Å². The van der Waals surface area contributed by atoms with Gasteiger partial charge in [0.25, 0.3) is 0 Å². The number of likely N-dealkylation sites (tertiary alicyclic amines) is 1. The number of primary amides is 1. The Morgan fingerprint density at radius 1 is 1.29 bits per heavy atom. The molecule has 4 rings (SSSR count). The van der Waals surface area contributed by atoms with Crippen molar-refractivity contribution in [2.45, 2.75) is 24.8 Å². The topological polar surface area (TPSA) is 127 Å². The Kier molecular flexibility index (Phi) is 7.28. The monoisotopic (exact) mass is 476 g/mol. The fraction of sp³-hybridized carbons (Fsp3) is 0.269. The largest absolute Gasteiger partial charge is 0.497 e. The Hall–Kier alpha value is -3.95. The van der Waals surface area contributed by atoms with Crippen molar-refractivity contribution >= 4 is 22.7 Å². The average molecular weight is 477 g/mol. The highest BCUT2D eigenvalue weighted by Crippen LogP contribution is 2.34. The first kappa shape index (κ1) is 24.2. The van der Waals surface area contributed by atoms with Crippen LogP contribution in [0, 0.1) is 0 Å². The number of aliphatic hydroxyl groups excluding tert-OH is 1. The Labute approximate surface area is 203 Å². The van der Waals surface area contributed by atoms with E-state index >= 15 is 0 Å². The van der Waals surface area contributed by atoms with Crippen molar-refractivity contribution in [3.63, 3.8) is 0 Å². The number of rotatable bonds is 9. The number of aliphatic hydroxyl groups is 1. The van der Waals surface area contributed by atoms with Crippen LogP contribution in [0.4, 0.5) is 0 Å². The highest BCUT2D eigenvalue weighted by Gasteiger charge is 2.40. The number of amides is 2. The molecule has 3 atom stereocenters. The van der Waals surface area contributed by atoms with E-state index in [-0.39, 0.29) is 13.1 Å². The fourth-order valence-corrected chi connectivity index (χ4v) is 4.23. The summed E-state index contributed by atoms with van der Waals surface area (Å²) in [5.74, 6) is 0.283. The van der Waals surface area contributed by atoms with Crippen LogP contribution < -0.4 is 20.5 Å². The molecule has 1 aliphatic rings. The van der Waals surface area contributed by atoms with Gasteiger partial charge in [-0.3, -0.25) is 14.5 Å². The number of nitrogens with two attached hydrogens (primary N) is 1. The van der Waals surface area contributed by atoms with Gasteiger partial charge < -0.3 is 25.6 Å². The van der Waals surface area contributed by atoms with Crippen LogP contribution in [0.15, 0.2) is 67.3 Å². The maximum Gasteiger partial charge on any atom is 0.243 e. The maximum absolute atomic E-state index is 12.1. The first-order valence-corrected chi connectivity index (χ1v) is 11.2. The lowest BCUT2D eigenvalue weighted by Gasteiger charge is -2.27. The summed E-state index contributed by atoms with van der Waals surface area (Å²) in [6, 6.07) is 16.4. The van der Waals surface area contributed by atoms with Gasteiger partial charge in [0.05, 0.1) is 30.9 Å². The van der Waals surface area contributed by atoms with Crippen LogP contribution >= 0.6 is 0 Å². The number of carbonyl (C=O) groups is 2. The molecule has 0 aliphatic carbocycles. The summed E-state index contributed by atoms with van der Waals surface area (Å²) in [7, 11) is 1.60. The van der Waals surface area contributed by atoms with Crippen LogP contribution in [-0.4, -0.2) is 65.4 Å². The number of pyridine rings is 1. The first-order valence-electron chi connectivity index (χ1n) is 11.2. The summed E-state index contributed by atoms with van der Waals surface area (Å²) >= 11 is 0. The predicted molar refractivity (Wildman–Crippen MR) is 132 cm³/mol. The van der Waals surface area contributed by atoms with E-state index in [9.17, 15) is 14.7 Å². The quantitative estimate of drug-likeness (QED) is 0.402. The summed E-state index contributed by atoms with van der Waals surface area (Å²) in [4.78, 5) is 29.9. The second-order valence-corrected chi connectivity index (χ2v) is 8.28. The smallest absolute Gasteiger partial charge is 0.243 e. The van der Waals surface area contributed by atoms with E-state index in [0.29, 0.717) is 23.4 Å². The predicted octanol–water partition coefficient (Wildman–Crippen LogP) is 1.84. The third-order valence-electron chi connectivity index (χ3n) is 6.00. The van der Waals surface area contributed by atoms with Crippen molar-refractivity contribution in [3.05, 3.63) is 67.3 Å². The molecule has 1 saturated heterocycles. The lowest BCUT2D eigenvalue weighted by molar-refractivity contribution is -0.126. The van der Waals surface area contributed by atoms with Crippen molar-refractivity contribution in [3.8, 4) is 22.8 Å². The average Bonchev–Trinajstić information content (AvgIpc) is 3.31. The SMILES string of the molecule is C=CC(=O)NCC(O)N1CC(Oc2cc(-c3ccccc3)nc3cc(OC)ccc23)CC1C(N)=O.